The molecule has 0 fully saturated rings. The molecule has 0 radical (unpaired) electrons. The number of ether oxygens (including phenoxy) is 1. The number of carbonyl (C=O) groups excluding carboxylic acids is 1. The minimum atomic E-state index is -2.88. The fourth-order valence-corrected chi connectivity index (χ4v) is 2.82. The SMILES string of the molecule is O=C1CCCc2occ(-c3nc(-c4ccc(OC(F)F)cc4)no3)c21. The molecule has 3 aromatic rings. The van der Waals surface area contributed by atoms with Gasteiger partial charge >= 0.3 is 6.61 Å². The summed E-state index contributed by atoms with van der Waals surface area (Å²) in [6, 6.07) is 5.87. The van der Waals surface area contributed by atoms with Crippen LogP contribution < -0.4 is 4.74 Å². The van der Waals surface area contributed by atoms with Crippen LogP contribution in [-0.2, 0) is 6.42 Å². The molecule has 0 atom stereocenters. The Morgan fingerprint density at radius 1 is 1.16 bits per heavy atom. The van der Waals surface area contributed by atoms with E-state index in [1.165, 1.54) is 18.4 Å². The van der Waals surface area contributed by atoms with Crippen LogP contribution >= 0.6 is 0 Å². The third-order valence-electron chi connectivity index (χ3n) is 3.95. The number of carbonyl (C=O) groups is 1. The summed E-state index contributed by atoms with van der Waals surface area (Å²) in [5.74, 6) is 1.13. The normalized spacial score (nSPS) is 14.0. The van der Waals surface area contributed by atoms with Crippen molar-refractivity contribution in [3.05, 3.63) is 41.9 Å². The lowest BCUT2D eigenvalue weighted by Gasteiger charge is -2.08. The molecule has 0 aliphatic heterocycles. The lowest BCUT2D eigenvalue weighted by atomic mass is 9.94. The number of aryl methyl sites for hydroxylation is 1. The van der Waals surface area contributed by atoms with Crippen molar-refractivity contribution in [2.24, 2.45) is 0 Å². The van der Waals surface area contributed by atoms with Crippen LogP contribution in [0, 0.1) is 0 Å². The molecule has 0 N–H and O–H groups in total. The quantitative estimate of drug-likeness (QED) is 0.707. The summed E-state index contributed by atoms with van der Waals surface area (Å²) in [5.41, 5.74) is 1.55. The summed E-state index contributed by atoms with van der Waals surface area (Å²) in [7, 11) is 0. The Morgan fingerprint density at radius 2 is 1.96 bits per heavy atom. The van der Waals surface area contributed by atoms with E-state index in [-0.39, 0.29) is 23.2 Å². The molecule has 1 aliphatic rings. The van der Waals surface area contributed by atoms with E-state index in [0.29, 0.717) is 35.3 Å². The predicted octanol–water partition coefficient (Wildman–Crippen LogP) is 4.12. The van der Waals surface area contributed by atoms with Crippen LogP contribution in [0.4, 0.5) is 8.78 Å². The van der Waals surface area contributed by atoms with Gasteiger partial charge in [0.2, 0.25) is 5.82 Å². The molecular formula is C17H12F2N2O4. The molecule has 1 aromatic carbocycles. The smallest absolute Gasteiger partial charge is 0.387 e. The number of fused-ring (bicyclic) bond motifs is 1. The zero-order chi connectivity index (χ0) is 17.4. The maximum absolute atomic E-state index is 12.2. The monoisotopic (exact) mass is 346 g/mol. The molecule has 0 unspecified atom stereocenters. The molecule has 4 rings (SSSR count). The van der Waals surface area contributed by atoms with Crippen molar-refractivity contribution in [1.82, 2.24) is 10.1 Å². The van der Waals surface area contributed by atoms with Crippen molar-refractivity contribution in [2.75, 3.05) is 0 Å². The average molecular weight is 346 g/mol. The van der Waals surface area contributed by atoms with Gasteiger partial charge in [-0.2, -0.15) is 13.8 Å². The van der Waals surface area contributed by atoms with Gasteiger partial charge in [0.25, 0.3) is 5.89 Å². The maximum atomic E-state index is 12.2. The molecule has 0 saturated heterocycles. The molecule has 8 heteroatoms. The molecule has 25 heavy (non-hydrogen) atoms. The van der Waals surface area contributed by atoms with Crippen LogP contribution in [0.25, 0.3) is 22.8 Å². The first kappa shape index (κ1) is 15.5. The number of rotatable bonds is 4. The lowest BCUT2D eigenvalue weighted by molar-refractivity contribution is -0.0498. The topological polar surface area (TPSA) is 78.4 Å². The van der Waals surface area contributed by atoms with Gasteiger partial charge in [0.15, 0.2) is 5.78 Å². The molecule has 128 valence electrons. The van der Waals surface area contributed by atoms with E-state index in [1.54, 1.807) is 12.1 Å². The van der Waals surface area contributed by atoms with Crippen molar-refractivity contribution in [3.63, 3.8) is 0 Å². The van der Waals surface area contributed by atoms with Gasteiger partial charge in [0.05, 0.1) is 11.1 Å². The Labute approximate surface area is 140 Å². The minimum Gasteiger partial charge on any atom is -0.468 e. The molecule has 0 bridgehead atoms. The number of ketones is 1. The van der Waals surface area contributed by atoms with Gasteiger partial charge in [-0.05, 0) is 30.7 Å². The van der Waals surface area contributed by atoms with Crippen LogP contribution in [0.1, 0.15) is 29.0 Å². The average Bonchev–Trinajstić information content (AvgIpc) is 3.22. The van der Waals surface area contributed by atoms with Gasteiger partial charge < -0.3 is 13.7 Å². The number of alkyl halides is 2. The van der Waals surface area contributed by atoms with E-state index in [2.05, 4.69) is 14.9 Å². The largest absolute Gasteiger partial charge is 0.468 e. The number of halogens is 2. The number of hydrogen-bond donors (Lipinski definition) is 0. The van der Waals surface area contributed by atoms with E-state index in [0.717, 1.165) is 6.42 Å². The second kappa shape index (κ2) is 6.12. The third kappa shape index (κ3) is 2.90. The summed E-state index contributed by atoms with van der Waals surface area (Å²) < 4.78 is 39.3. The van der Waals surface area contributed by atoms with Gasteiger partial charge in [-0.15, -0.1) is 0 Å². The first-order valence-electron chi connectivity index (χ1n) is 7.64. The first-order chi connectivity index (χ1) is 12.1. The van der Waals surface area contributed by atoms with E-state index >= 15 is 0 Å². The Morgan fingerprint density at radius 3 is 2.72 bits per heavy atom. The Hall–Kier alpha value is -3.03. The fraction of sp³-hybridized carbons (Fsp3) is 0.235. The zero-order valence-electron chi connectivity index (χ0n) is 12.9. The standard InChI is InChI=1S/C17H12F2N2O4/c18-17(19)24-10-6-4-9(5-7-10)15-20-16(25-21-15)11-8-23-13-3-1-2-12(22)14(11)13/h4-8,17H,1-3H2. The number of aromatic nitrogens is 2. The molecule has 0 amide bonds. The van der Waals surface area contributed by atoms with Crippen molar-refractivity contribution in [2.45, 2.75) is 25.9 Å². The van der Waals surface area contributed by atoms with Gasteiger partial charge in [-0.25, -0.2) is 0 Å². The van der Waals surface area contributed by atoms with Crippen LogP contribution in [0.3, 0.4) is 0 Å². The Balaban J connectivity index is 1.63. The Bertz CT molecular complexity index is 915. The van der Waals surface area contributed by atoms with E-state index in [4.69, 9.17) is 8.94 Å². The highest BCUT2D eigenvalue weighted by atomic mass is 19.3. The predicted molar refractivity (Wildman–Crippen MR) is 81.3 cm³/mol. The molecular weight excluding hydrogens is 334 g/mol. The number of nitrogens with zero attached hydrogens (tertiary/aromatic N) is 2. The van der Waals surface area contributed by atoms with Gasteiger partial charge in [-0.3, -0.25) is 4.79 Å². The van der Waals surface area contributed by atoms with E-state index in [1.807, 2.05) is 0 Å². The summed E-state index contributed by atoms with van der Waals surface area (Å²) in [6.07, 6.45) is 3.38. The van der Waals surface area contributed by atoms with Crippen molar-refractivity contribution in [1.29, 1.82) is 0 Å². The van der Waals surface area contributed by atoms with Crippen molar-refractivity contribution in [3.8, 4) is 28.6 Å². The van der Waals surface area contributed by atoms with E-state index < -0.39 is 6.61 Å². The summed E-state index contributed by atoms with van der Waals surface area (Å²) in [5, 5.41) is 3.88. The van der Waals surface area contributed by atoms with Gasteiger partial charge in [0, 0.05) is 18.4 Å². The van der Waals surface area contributed by atoms with Crippen molar-refractivity contribution >= 4 is 5.78 Å². The fourth-order valence-electron chi connectivity index (χ4n) is 2.82. The molecule has 1 aliphatic carbocycles. The molecule has 2 heterocycles. The number of Topliss-reactive ketones (excluding diaryl/α,β-unsaturated/α-hetero) is 1. The van der Waals surface area contributed by atoms with Gasteiger partial charge in [0.1, 0.15) is 17.8 Å². The molecule has 2 aromatic heterocycles. The molecule has 0 saturated carbocycles. The van der Waals surface area contributed by atoms with Crippen LogP contribution in [0.5, 0.6) is 5.75 Å². The highest BCUT2D eigenvalue weighted by Crippen LogP contribution is 2.33. The maximum Gasteiger partial charge on any atom is 0.387 e. The highest BCUT2D eigenvalue weighted by molar-refractivity contribution is 6.03. The molecule has 6 nitrogen and oxygen atoms in total. The first-order valence-corrected chi connectivity index (χ1v) is 7.64. The Kier molecular flexibility index (Phi) is 3.79. The second-order valence-corrected chi connectivity index (χ2v) is 5.55. The summed E-state index contributed by atoms with van der Waals surface area (Å²) in [4.78, 5) is 16.4. The van der Waals surface area contributed by atoms with Gasteiger partial charge in [-0.1, -0.05) is 5.16 Å². The number of furan rings is 1. The number of hydrogen-bond acceptors (Lipinski definition) is 6. The third-order valence-corrected chi connectivity index (χ3v) is 3.95. The molecule has 0 spiro atoms. The lowest BCUT2D eigenvalue weighted by Crippen LogP contribution is -2.09. The highest BCUT2D eigenvalue weighted by Gasteiger charge is 2.28. The van der Waals surface area contributed by atoms with E-state index in [9.17, 15) is 13.6 Å². The van der Waals surface area contributed by atoms with Crippen LogP contribution in [-0.4, -0.2) is 22.5 Å². The summed E-state index contributed by atoms with van der Waals surface area (Å²) >= 11 is 0. The van der Waals surface area contributed by atoms with Crippen LogP contribution in [0.15, 0.2) is 39.5 Å². The second-order valence-electron chi connectivity index (χ2n) is 5.55. The number of benzene rings is 1. The minimum absolute atomic E-state index is 0.00162. The summed E-state index contributed by atoms with van der Waals surface area (Å²) in [6.45, 7) is -2.88. The van der Waals surface area contributed by atoms with Crippen molar-refractivity contribution < 1.29 is 27.3 Å². The zero-order valence-corrected chi connectivity index (χ0v) is 12.9. The van der Waals surface area contributed by atoms with Crippen LogP contribution in [0.2, 0.25) is 0 Å².